The van der Waals surface area contributed by atoms with E-state index in [-0.39, 0.29) is 29.9 Å². The number of amides is 1. The van der Waals surface area contributed by atoms with Crippen LogP contribution in [-0.2, 0) is 15.2 Å². The van der Waals surface area contributed by atoms with Gasteiger partial charge in [-0.1, -0.05) is 31.4 Å². The van der Waals surface area contributed by atoms with Crippen LogP contribution in [0.2, 0.25) is 0 Å². The molecule has 1 aromatic rings. The third kappa shape index (κ3) is 6.78. The number of anilines is 1. The van der Waals surface area contributed by atoms with Crippen molar-refractivity contribution in [3.63, 3.8) is 0 Å². The zero-order valence-corrected chi connectivity index (χ0v) is 15.0. The van der Waals surface area contributed by atoms with Gasteiger partial charge in [-0.3, -0.25) is 4.79 Å². The fourth-order valence-corrected chi connectivity index (χ4v) is 3.22. The van der Waals surface area contributed by atoms with Gasteiger partial charge in [-0.15, -0.1) is 0 Å². The predicted octanol–water partition coefficient (Wildman–Crippen LogP) is 4.35. The summed E-state index contributed by atoms with van der Waals surface area (Å²) in [7, 11) is 0. The standard InChI is InChI=1S/C17H22F3N3O2S/c18-17(19,20)13-8-4-5-9-14(13)23-15(24)10-11-26-25-16(21)22-12-6-2-1-3-7-12/h4-5,8-9,12H,1-3,6-7,10-11H2,(H2,21,22)(H,23,24). The highest BCUT2D eigenvalue weighted by Crippen LogP contribution is 2.34. The minimum atomic E-state index is -4.52. The number of nitrogens with one attached hydrogen (secondary N) is 1. The van der Waals surface area contributed by atoms with E-state index in [1.807, 2.05) is 0 Å². The van der Waals surface area contributed by atoms with Crippen LogP contribution in [0.15, 0.2) is 29.3 Å². The molecule has 0 radical (unpaired) electrons. The monoisotopic (exact) mass is 389 g/mol. The average Bonchev–Trinajstić information content (AvgIpc) is 2.59. The molecular formula is C17H22F3N3O2S. The summed E-state index contributed by atoms with van der Waals surface area (Å²) < 4.78 is 43.9. The van der Waals surface area contributed by atoms with Crippen LogP contribution in [0.4, 0.5) is 18.9 Å². The summed E-state index contributed by atoms with van der Waals surface area (Å²) in [6.45, 7) is 0. The van der Waals surface area contributed by atoms with E-state index in [4.69, 9.17) is 9.92 Å². The van der Waals surface area contributed by atoms with Crippen molar-refractivity contribution >= 4 is 29.7 Å². The lowest BCUT2D eigenvalue weighted by Crippen LogP contribution is -2.20. The van der Waals surface area contributed by atoms with Gasteiger partial charge in [0, 0.05) is 12.2 Å². The Morgan fingerprint density at radius 3 is 2.65 bits per heavy atom. The largest absolute Gasteiger partial charge is 0.418 e. The van der Waals surface area contributed by atoms with E-state index in [0.717, 1.165) is 43.8 Å². The highest BCUT2D eigenvalue weighted by molar-refractivity contribution is 7.95. The molecule has 1 aromatic carbocycles. The van der Waals surface area contributed by atoms with Crippen molar-refractivity contribution in [1.82, 2.24) is 0 Å². The van der Waals surface area contributed by atoms with Crippen LogP contribution in [-0.4, -0.2) is 23.7 Å². The van der Waals surface area contributed by atoms with Crippen molar-refractivity contribution in [3.8, 4) is 0 Å². The van der Waals surface area contributed by atoms with Gasteiger partial charge in [0.15, 0.2) is 0 Å². The fourth-order valence-electron chi connectivity index (χ4n) is 2.70. The van der Waals surface area contributed by atoms with E-state index >= 15 is 0 Å². The van der Waals surface area contributed by atoms with Crippen LogP contribution in [0.1, 0.15) is 44.1 Å². The van der Waals surface area contributed by atoms with E-state index in [2.05, 4.69) is 10.3 Å². The van der Waals surface area contributed by atoms with Crippen LogP contribution in [0, 0.1) is 0 Å². The minimum absolute atomic E-state index is 0.00638. The van der Waals surface area contributed by atoms with Crippen LogP contribution >= 0.6 is 12.0 Å². The quantitative estimate of drug-likeness (QED) is 0.328. The number of carbonyl (C=O) groups is 1. The maximum Gasteiger partial charge on any atom is 0.418 e. The van der Waals surface area contributed by atoms with Gasteiger partial charge in [-0.2, -0.15) is 13.2 Å². The van der Waals surface area contributed by atoms with E-state index in [9.17, 15) is 18.0 Å². The van der Waals surface area contributed by atoms with Gasteiger partial charge in [0.05, 0.1) is 29.3 Å². The fraction of sp³-hybridized carbons (Fsp3) is 0.529. The Labute approximate surface area is 154 Å². The van der Waals surface area contributed by atoms with Crippen molar-refractivity contribution in [2.24, 2.45) is 10.7 Å². The summed E-state index contributed by atoms with van der Waals surface area (Å²) >= 11 is 0.960. The lowest BCUT2D eigenvalue weighted by molar-refractivity contribution is -0.137. The number of benzene rings is 1. The van der Waals surface area contributed by atoms with Crippen molar-refractivity contribution in [1.29, 1.82) is 0 Å². The van der Waals surface area contributed by atoms with E-state index in [0.29, 0.717) is 0 Å². The number of nitrogens with zero attached hydrogens (tertiary/aromatic N) is 1. The molecule has 0 atom stereocenters. The van der Waals surface area contributed by atoms with Gasteiger partial charge in [-0.05, 0) is 25.0 Å². The number of para-hydroxylation sites is 1. The third-order valence-corrected chi connectivity index (χ3v) is 4.61. The van der Waals surface area contributed by atoms with E-state index in [1.54, 1.807) is 0 Å². The molecule has 0 bridgehead atoms. The Morgan fingerprint density at radius 1 is 1.27 bits per heavy atom. The summed E-state index contributed by atoms with van der Waals surface area (Å²) in [4.78, 5) is 16.1. The van der Waals surface area contributed by atoms with Gasteiger partial charge >= 0.3 is 6.18 Å². The van der Waals surface area contributed by atoms with Gasteiger partial charge in [0.25, 0.3) is 6.02 Å². The molecule has 1 aliphatic carbocycles. The van der Waals surface area contributed by atoms with Gasteiger partial charge < -0.3 is 15.2 Å². The van der Waals surface area contributed by atoms with Crippen LogP contribution in [0.3, 0.4) is 0 Å². The summed E-state index contributed by atoms with van der Waals surface area (Å²) in [6, 6.07) is 5.12. The van der Waals surface area contributed by atoms with E-state index in [1.165, 1.54) is 24.6 Å². The van der Waals surface area contributed by atoms with E-state index < -0.39 is 17.6 Å². The molecule has 1 amide bonds. The molecule has 5 nitrogen and oxygen atoms in total. The molecule has 0 heterocycles. The summed E-state index contributed by atoms with van der Waals surface area (Å²) in [5.74, 6) is -0.276. The normalized spacial score (nSPS) is 16.3. The maximum atomic E-state index is 12.9. The van der Waals surface area contributed by atoms with Crippen molar-refractivity contribution < 1.29 is 22.1 Å². The molecule has 26 heavy (non-hydrogen) atoms. The molecule has 0 aliphatic heterocycles. The Bertz CT molecular complexity index is 632. The second kappa shape index (κ2) is 9.70. The second-order valence-corrected chi connectivity index (χ2v) is 6.82. The first-order valence-electron chi connectivity index (χ1n) is 8.45. The summed E-state index contributed by atoms with van der Waals surface area (Å²) in [5.41, 5.74) is 4.56. The SMILES string of the molecule is NC(=NC1CCCCC1)OSCCC(=O)Nc1ccccc1C(F)(F)F. The molecule has 1 fully saturated rings. The zero-order valence-electron chi connectivity index (χ0n) is 14.2. The van der Waals surface area contributed by atoms with Gasteiger partial charge in [-0.25, -0.2) is 4.99 Å². The van der Waals surface area contributed by atoms with Crippen molar-refractivity contribution in [3.05, 3.63) is 29.8 Å². The number of amidine groups is 1. The topological polar surface area (TPSA) is 76.7 Å². The van der Waals surface area contributed by atoms with Crippen molar-refractivity contribution in [2.45, 2.75) is 50.7 Å². The summed E-state index contributed by atoms with van der Waals surface area (Å²) in [5, 5.41) is 2.28. The molecule has 1 aliphatic rings. The second-order valence-electron chi connectivity index (χ2n) is 6.01. The molecule has 0 aromatic heterocycles. The molecule has 0 saturated heterocycles. The lowest BCUT2D eigenvalue weighted by atomic mass is 9.96. The third-order valence-electron chi connectivity index (χ3n) is 3.95. The average molecular weight is 389 g/mol. The smallest absolute Gasteiger partial charge is 0.391 e. The summed E-state index contributed by atoms with van der Waals surface area (Å²) in [6.07, 6.45) is 0.946. The van der Waals surface area contributed by atoms with Gasteiger partial charge in [0.2, 0.25) is 5.91 Å². The highest BCUT2D eigenvalue weighted by Gasteiger charge is 2.33. The molecule has 0 unspecified atom stereocenters. The first-order chi connectivity index (χ1) is 12.4. The Kier molecular flexibility index (Phi) is 7.62. The number of hydrogen-bond acceptors (Lipinski definition) is 4. The Morgan fingerprint density at radius 2 is 1.96 bits per heavy atom. The number of carbonyl (C=O) groups excluding carboxylic acids is 1. The first-order valence-corrected chi connectivity index (χ1v) is 9.36. The molecule has 144 valence electrons. The molecule has 3 N–H and O–H groups in total. The number of hydrogen-bond donors (Lipinski definition) is 2. The van der Waals surface area contributed by atoms with Crippen LogP contribution in [0.5, 0.6) is 0 Å². The highest BCUT2D eigenvalue weighted by atomic mass is 32.2. The van der Waals surface area contributed by atoms with Crippen LogP contribution in [0.25, 0.3) is 0 Å². The predicted molar refractivity (Wildman–Crippen MR) is 96.7 cm³/mol. The Hall–Kier alpha value is -1.90. The number of halogens is 3. The maximum absolute atomic E-state index is 12.9. The molecule has 1 saturated carbocycles. The Balaban J connectivity index is 1.73. The van der Waals surface area contributed by atoms with Crippen LogP contribution < -0.4 is 11.1 Å². The molecule has 9 heteroatoms. The molecular weight excluding hydrogens is 367 g/mol. The van der Waals surface area contributed by atoms with Gasteiger partial charge in [0.1, 0.15) is 0 Å². The minimum Gasteiger partial charge on any atom is -0.391 e. The number of nitrogens with two attached hydrogens (primary N) is 1. The lowest BCUT2D eigenvalue weighted by Gasteiger charge is -2.17. The number of rotatable bonds is 6. The zero-order chi connectivity index (χ0) is 19.0. The molecule has 2 rings (SSSR count). The number of alkyl halides is 3. The molecule has 0 spiro atoms. The van der Waals surface area contributed by atoms with Crippen molar-refractivity contribution in [2.75, 3.05) is 11.1 Å². The first kappa shape index (κ1) is 20.4. The number of aliphatic imine (C=N–C) groups is 1.